The van der Waals surface area contributed by atoms with E-state index in [1.165, 1.54) is 5.56 Å². The lowest BCUT2D eigenvalue weighted by molar-refractivity contribution is -0.157. The molecule has 3 aromatic rings. The number of hydrogen-bond donors (Lipinski definition) is 2. The number of thioether (sulfide) groups is 1. The summed E-state index contributed by atoms with van der Waals surface area (Å²) in [6.07, 6.45) is 2.23. The molecular formula is C34H42O4S2. The van der Waals surface area contributed by atoms with E-state index in [0.717, 1.165) is 15.3 Å². The summed E-state index contributed by atoms with van der Waals surface area (Å²) in [7, 11) is 0. The minimum absolute atomic E-state index is 0.0438. The number of carbonyl (C=O) groups is 1. The maximum atomic E-state index is 13.9. The first kappa shape index (κ1) is 32.0. The Kier molecular flexibility index (Phi) is 12.4. The minimum atomic E-state index is -0.788. The standard InChI is InChI=1S/C34H42O4S2/c1-33(2,28-19-11-6-12-20-28)25-34(3,32(37)38-22-14-13-21-29(36)24-35)23-30(26-15-7-4-8-16-26)40-31(39)27-17-9-5-10-18-27/h4-12,15-20,29-30,35-36H,13-14,21-25H2,1-3H3. The van der Waals surface area contributed by atoms with Crippen molar-refractivity contribution >= 4 is 34.1 Å². The van der Waals surface area contributed by atoms with Crippen LogP contribution in [0.5, 0.6) is 0 Å². The van der Waals surface area contributed by atoms with Crippen molar-refractivity contribution in [3.05, 3.63) is 108 Å². The first-order chi connectivity index (χ1) is 19.1. The Bertz CT molecular complexity index is 1180. The quantitative estimate of drug-likeness (QED) is 0.110. The third-order valence-corrected chi connectivity index (χ3v) is 9.02. The molecular weight excluding hydrogens is 537 g/mol. The summed E-state index contributed by atoms with van der Waals surface area (Å²) in [6.45, 7) is 6.42. The Labute approximate surface area is 249 Å². The van der Waals surface area contributed by atoms with Crippen LogP contribution < -0.4 is 0 Å². The van der Waals surface area contributed by atoms with Crippen molar-refractivity contribution in [2.45, 2.75) is 69.6 Å². The van der Waals surface area contributed by atoms with Crippen LogP contribution in [0, 0.1) is 5.41 Å². The fourth-order valence-electron chi connectivity index (χ4n) is 5.18. The van der Waals surface area contributed by atoms with E-state index in [-0.39, 0.29) is 29.8 Å². The topological polar surface area (TPSA) is 66.8 Å². The van der Waals surface area contributed by atoms with Gasteiger partial charge in [-0.2, -0.15) is 0 Å². The van der Waals surface area contributed by atoms with Crippen molar-refractivity contribution in [1.82, 2.24) is 0 Å². The fraction of sp³-hybridized carbons (Fsp3) is 0.412. The summed E-state index contributed by atoms with van der Waals surface area (Å²) in [5.74, 6) is -0.216. The number of esters is 1. The van der Waals surface area contributed by atoms with Crippen LogP contribution >= 0.6 is 24.0 Å². The minimum Gasteiger partial charge on any atom is -0.465 e. The second-order valence-corrected chi connectivity index (χ2v) is 13.2. The highest BCUT2D eigenvalue weighted by Crippen LogP contribution is 2.47. The van der Waals surface area contributed by atoms with Crippen molar-refractivity contribution in [2.75, 3.05) is 13.2 Å². The van der Waals surface area contributed by atoms with Crippen LogP contribution in [0.25, 0.3) is 0 Å². The Balaban J connectivity index is 1.87. The van der Waals surface area contributed by atoms with Crippen LogP contribution in [-0.2, 0) is 14.9 Å². The molecule has 0 saturated heterocycles. The number of rotatable bonds is 15. The van der Waals surface area contributed by atoms with Crippen LogP contribution in [-0.4, -0.2) is 39.7 Å². The van der Waals surface area contributed by atoms with Gasteiger partial charge in [0, 0.05) is 5.25 Å². The molecule has 40 heavy (non-hydrogen) atoms. The zero-order chi connectivity index (χ0) is 29.0. The lowest BCUT2D eigenvalue weighted by Crippen LogP contribution is -2.38. The molecule has 4 nitrogen and oxygen atoms in total. The zero-order valence-electron chi connectivity index (χ0n) is 23.8. The molecule has 0 spiro atoms. The van der Waals surface area contributed by atoms with Crippen LogP contribution in [0.4, 0.5) is 0 Å². The molecule has 0 saturated carbocycles. The van der Waals surface area contributed by atoms with Crippen LogP contribution in [0.15, 0.2) is 91.0 Å². The molecule has 0 heterocycles. The number of hydrogen-bond acceptors (Lipinski definition) is 6. The van der Waals surface area contributed by atoms with Gasteiger partial charge in [-0.05, 0) is 61.1 Å². The van der Waals surface area contributed by atoms with Gasteiger partial charge in [0.2, 0.25) is 0 Å². The van der Waals surface area contributed by atoms with Gasteiger partial charge >= 0.3 is 5.97 Å². The maximum absolute atomic E-state index is 13.9. The Hall–Kier alpha value is -2.51. The molecule has 3 aromatic carbocycles. The lowest BCUT2D eigenvalue weighted by atomic mass is 9.68. The number of ether oxygens (including phenoxy) is 1. The highest BCUT2D eigenvalue weighted by Gasteiger charge is 2.43. The first-order valence-corrected chi connectivity index (χ1v) is 15.3. The summed E-state index contributed by atoms with van der Waals surface area (Å²) in [4.78, 5) is 13.9. The summed E-state index contributed by atoms with van der Waals surface area (Å²) in [5, 5.41) is 18.6. The second kappa shape index (κ2) is 15.5. The Morgan fingerprint density at radius 2 is 1.48 bits per heavy atom. The van der Waals surface area contributed by atoms with E-state index in [0.29, 0.717) is 32.1 Å². The monoisotopic (exact) mass is 578 g/mol. The third-order valence-electron chi connectivity index (χ3n) is 7.32. The number of carbonyl (C=O) groups excluding carboxylic acids is 1. The molecule has 2 N–H and O–H groups in total. The van der Waals surface area contributed by atoms with E-state index in [1.807, 2.05) is 73.7 Å². The van der Waals surface area contributed by atoms with E-state index in [1.54, 1.807) is 11.8 Å². The van der Waals surface area contributed by atoms with E-state index >= 15 is 0 Å². The molecule has 3 atom stereocenters. The van der Waals surface area contributed by atoms with Gasteiger partial charge in [-0.25, -0.2) is 0 Å². The largest absolute Gasteiger partial charge is 0.465 e. The molecule has 0 aliphatic rings. The van der Waals surface area contributed by atoms with Crippen molar-refractivity contribution < 1.29 is 19.7 Å². The number of aliphatic hydroxyl groups excluding tert-OH is 2. The number of benzene rings is 3. The second-order valence-electron chi connectivity index (χ2n) is 11.3. The van der Waals surface area contributed by atoms with Crippen molar-refractivity contribution in [3.8, 4) is 0 Å². The molecule has 0 aromatic heterocycles. The van der Waals surface area contributed by atoms with Gasteiger partial charge in [-0.15, -0.1) is 11.8 Å². The maximum Gasteiger partial charge on any atom is 0.311 e. The van der Waals surface area contributed by atoms with E-state index in [2.05, 4.69) is 38.1 Å². The van der Waals surface area contributed by atoms with Crippen LogP contribution in [0.1, 0.15) is 74.8 Å². The molecule has 0 aliphatic carbocycles. The Morgan fingerprint density at radius 3 is 2.08 bits per heavy atom. The predicted molar refractivity (Wildman–Crippen MR) is 170 cm³/mol. The van der Waals surface area contributed by atoms with E-state index in [4.69, 9.17) is 22.1 Å². The number of aliphatic hydroxyl groups is 2. The van der Waals surface area contributed by atoms with Crippen molar-refractivity contribution in [3.63, 3.8) is 0 Å². The fourth-order valence-corrected chi connectivity index (χ4v) is 6.94. The third kappa shape index (κ3) is 9.55. The van der Waals surface area contributed by atoms with Gasteiger partial charge in [-0.1, -0.05) is 117 Å². The van der Waals surface area contributed by atoms with Gasteiger partial charge in [0.15, 0.2) is 0 Å². The molecule has 3 rings (SSSR count). The molecule has 0 aliphatic heterocycles. The normalized spacial score (nSPS) is 14.6. The van der Waals surface area contributed by atoms with E-state index in [9.17, 15) is 9.90 Å². The van der Waals surface area contributed by atoms with Gasteiger partial charge in [0.1, 0.15) is 0 Å². The number of unbranched alkanes of at least 4 members (excludes halogenated alkanes) is 1. The van der Waals surface area contributed by atoms with Gasteiger partial charge in [0.25, 0.3) is 0 Å². The highest BCUT2D eigenvalue weighted by molar-refractivity contribution is 8.23. The summed E-state index contributed by atoms with van der Waals surface area (Å²) < 4.78 is 6.71. The van der Waals surface area contributed by atoms with Crippen molar-refractivity contribution in [2.24, 2.45) is 5.41 Å². The van der Waals surface area contributed by atoms with Gasteiger partial charge in [0.05, 0.1) is 28.9 Å². The Morgan fingerprint density at radius 1 is 0.900 bits per heavy atom. The molecule has 214 valence electrons. The highest BCUT2D eigenvalue weighted by atomic mass is 32.2. The summed E-state index contributed by atoms with van der Waals surface area (Å²) in [5.41, 5.74) is 2.24. The first-order valence-electron chi connectivity index (χ1n) is 14.0. The SMILES string of the molecule is CC(CC(SC(=S)c1ccccc1)c1ccccc1)(CC(C)(C)c1ccccc1)C(=O)OCCCCC(O)CO. The molecule has 6 heteroatoms. The molecule has 0 radical (unpaired) electrons. The number of thiocarbonyl (C=S) groups is 1. The average molecular weight is 579 g/mol. The smallest absolute Gasteiger partial charge is 0.311 e. The molecule has 0 bridgehead atoms. The molecule has 0 amide bonds. The molecule has 3 unspecified atom stereocenters. The van der Waals surface area contributed by atoms with Crippen molar-refractivity contribution in [1.29, 1.82) is 0 Å². The average Bonchev–Trinajstić information content (AvgIpc) is 2.97. The van der Waals surface area contributed by atoms with Crippen LogP contribution in [0.3, 0.4) is 0 Å². The predicted octanol–water partition coefficient (Wildman–Crippen LogP) is 7.67. The molecule has 0 fully saturated rings. The van der Waals surface area contributed by atoms with Gasteiger partial charge < -0.3 is 14.9 Å². The summed E-state index contributed by atoms with van der Waals surface area (Å²) >= 11 is 7.50. The van der Waals surface area contributed by atoms with E-state index < -0.39 is 11.5 Å². The zero-order valence-corrected chi connectivity index (χ0v) is 25.4. The lowest BCUT2D eigenvalue weighted by Gasteiger charge is -2.38. The summed E-state index contributed by atoms with van der Waals surface area (Å²) in [6, 6.07) is 30.6. The van der Waals surface area contributed by atoms with Gasteiger partial charge in [-0.3, -0.25) is 4.79 Å². The van der Waals surface area contributed by atoms with Crippen LogP contribution in [0.2, 0.25) is 0 Å².